The molecule has 0 aromatic rings. The van der Waals surface area contributed by atoms with Crippen molar-refractivity contribution in [2.24, 2.45) is 34.1 Å². The molecule has 38 heavy (non-hydrogen) atoms. The van der Waals surface area contributed by atoms with Crippen LogP contribution >= 0.6 is 0 Å². The molecule has 0 aromatic carbocycles. The van der Waals surface area contributed by atoms with Crippen LogP contribution in [0.1, 0.15) is 167 Å². The lowest BCUT2D eigenvalue weighted by Gasteiger charge is -2.31. The van der Waals surface area contributed by atoms with Gasteiger partial charge in [-0.05, 0) is 88.0 Å². The first-order valence-corrected chi connectivity index (χ1v) is 16.9. The van der Waals surface area contributed by atoms with Gasteiger partial charge in [0, 0.05) is 18.9 Å². The van der Waals surface area contributed by atoms with E-state index in [9.17, 15) is 10.1 Å². The zero-order chi connectivity index (χ0) is 27.1. The second-order valence-electron chi connectivity index (χ2n) is 14.0. The summed E-state index contributed by atoms with van der Waals surface area (Å²) in [6.45, 7) is 0.948. The number of Topliss-reactive ketones (excluding diaryl/α,β-unsaturated/α-hetero) is 1. The van der Waals surface area contributed by atoms with Crippen molar-refractivity contribution in [3.63, 3.8) is 0 Å². The standard InChI is InChI=1S/C12H23N.C12H19N.C7H12O.C3H7N/c2*13-10-12(9-11-5-6-11)7-3-1-2-4-8-12;8-7-5-3-1-2-4-6-7;4-3-1-2-3/h11H,1-10,13H2;11H,1-9H2;1-6H2;3H,1-2,4H2. The summed E-state index contributed by atoms with van der Waals surface area (Å²) < 4.78 is 0. The third-order valence-corrected chi connectivity index (χ3v) is 9.97. The summed E-state index contributed by atoms with van der Waals surface area (Å²) >= 11 is 0. The van der Waals surface area contributed by atoms with E-state index < -0.39 is 0 Å². The quantitative estimate of drug-likeness (QED) is 0.349. The van der Waals surface area contributed by atoms with Crippen LogP contribution in [0.5, 0.6) is 0 Å². The molecule has 218 valence electrons. The van der Waals surface area contributed by atoms with Crippen LogP contribution in [-0.2, 0) is 4.79 Å². The minimum absolute atomic E-state index is 0.0949. The van der Waals surface area contributed by atoms with Gasteiger partial charge in [0.15, 0.2) is 0 Å². The van der Waals surface area contributed by atoms with E-state index in [1.54, 1.807) is 0 Å². The Bertz CT molecular complexity index is 675. The largest absolute Gasteiger partial charge is 0.330 e. The van der Waals surface area contributed by atoms with Gasteiger partial charge in [0.1, 0.15) is 5.78 Å². The first-order valence-electron chi connectivity index (χ1n) is 16.9. The summed E-state index contributed by atoms with van der Waals surface area (Å²) in [5.74, 6) is 2.45. The van der Waals surface area contributed by atoms with E-state index >= 15 is 0 Å². The van der Waals surface area contributed by atoms with Crippen LogP contribution in [0.2, 0.25) is 0 Å². The first-order chi connectivity index (χ1) is 18.5. The molecule has 6 aliphatic carbocycles. The number of carbonyl (C=O) groups is 1. The summed E-state index contributed by atoms with van der Waals surface area (Å²) in [6.07, 6.45) is 33.7. The van der Waals surface area contributed by atoms with Gasteiger partial charge >= 0.3 is 0 Å². The minimum Gasteiger partial charge on any atom is -0.330 e. The number of ketones is 1. The fourth-order valence-electron chi connectivity index (χ4n) is 6.77. The number of rotatable bonds is 5. The number of hydrogen-bond donors (Lipinski definition) is 2. The Labute approximate surface area is 235 Å². The lowest BCUT2D eigenvalue weighted by atomic mass is 9.76. The van der Waals surface area contributed by atoms with Crippen molar-refractivity contribution in [3.05, 3.63) is 0 Å². The van der Waals surface area contributed by atoms with E-state index in [4.69, 9.17) is 11.5 Å². The highest BCUT2D eigenvalue weighted by Crippen LogP contribution is 2.47. The molecule has 0 heterocycles. The normalized spacial score (nSPS) is 26.7. The van der Waals surface area contributed by atoms with Gasteiger partial charge in [0.2, 0.25) is 0 Å². The molecular weight excluding hydrogens is 466 g/mol. The lowest BCUT2D eigenvalue weighted by molar-refractivity contribution is -0.118. The molecular formula is C34H61N3O. The third kappa shape index (κ3) is 13.4. The molecule has 0 saturated heterocycles. The molecule has 6 rings (SSSR count). The van der Waals surface area contributed by atoms with E-state index in [0.29, 0.717) is 17.2 Å². The maximum absolute atomic E-state index is 10.7. The molecule has 0 unspecified atom stereocenters. The van der Waals surface area contributed by atoms with Gasteiger partial charge in [-0.3, -0.25) is 4.79 Å². The van der Waals surface area contributed by atoms with Gasteiger partial charge in [0.25, 0.3) is 0 Å². The predicted molar refractivity (Wildman–Crippen MR) is 160 cm³/mol. The highest BCUT2D eigenvalue weighted by molar-refractivity contribution is 5.78. The molecule has 0 radical (unpaired) electrons. The second-order valence-corrected chi connectivity index (χ2v) is 14.0. The number of nitriles is 1. The summed E-state index contributed by atoms with van der Waals surface area (Å²) in [5, 5.41) is 9.29. The smallest absolute Gasteiger partial charge is 0.132 e. The number of nitrogens with zero attached hydrogens (tertiary/aromatic N) is 1. The highest BCUT2D eigenvalue weighted by Gasteiger charge is 2.37. The summed E-state index contributed by atoms with van der Waals surface area (Å²) in [4.78, 5) is 10.7. The molecule has 0 amide bonds. The van der Waals surface area contributed by atoms with Crippen molar-refractivity contribution < 1.29 is 4.79 Å². The highest BCUT2D eigenvalue weighted by atomic mass is 16.1. The SMILES string of the molecule is N#CC1(CC2CC2)CCCCCC1.NC1CC1.NCC1(CC2CC2)CCCCCC1.O=C1CCCCCC1. The van der Waals surface area contributed by atoms with Crippen molar-refractivity contribution in [2.45, 2.75) is 173 Å². The van der Waals surface area contributed by atoms with Gasteiger partial charge in [-0.15, -0.1) is 0 Å². The molecule has 0 aliphatic heterocycles. The average molecular weight is 528 g/mol. The Kier molecular flexibility index (Phi) is 14.2. The molecule has 0 atom stereocenters. The van der Waals surface area contributed by atoms with E-state index in [0.717, 1.165) is 44.1 Å². The Morgan fingerprint density at radius 3 is 1.47 bits per heavy atom. The zero-order valence-corrected chi connectivity index (χ0v) is 24.8. The molecule has 0 bridgehead atoms. The van der Waals surface area contributed by atoms with Crippen LogP contribution < -0.4 is 11.5 Å². The predicted octanol–water partition coefficient (Wildman–Crippen LogP) is 8.75. The maximum Gasteiger partial charge on any atom is 0.132 e. The summed E-state index contributed by atoms with van der Waals surface area (Å²) in [5.41, 5.74) is 11.9. The Hall–Kier alpha value is -0.920. The van der Waals surface area contributed by atoms with Crippen LogP contribution in [0.3, 0.4) is 0 Å². The molecule has 6 saturated carbocycles. The minimum atomic E-state index is 0.0949. The second kappa shape index (κ2) is 17.0. The average Bonchev–Trinajstić information content (AvgIpc) is 3.76. The van der Waals surface area contributed by atoms with Crippen molar-refractivity contribution >= 4 is 5.78 Å². The van der Waals surface area contributed by atoms with Gasteiger partial charge in [-0.2, -0.15) is 5.26 Å². The summed E-state index contributed by atoms with van der Waals surface area (Å²) in [6, 6.07) is 3.21. The van der Waals surface area contributed by atoms with E-state index in [1.165, 1.54) is 141 Å². The van der Waals surface area contributed by atoms with Gasteiger partial charge in [0.05, 0.1) is 11.5 Å². The van der Waals surface area contributed by atoms with Crippen molar-refractivity contribution in [3.8, 4) is 6.07 Å². The van der Waals surface area contributed by atoms with Crippen molar-refractivity contribution in [2.75, 3.05) is 6.54 Å². The number of hydrogen-bond acceptors (Lipinski definition) is 4. The van der Waals surface area contributed by atoms with Crippen LogP contribution in [-0.4, -0.2) is 18.4 Å². The molecule has 6 aliphatic rings. The fraction of sp³-hybridized carbons (Fsp3) is 0.941. The Balaban J connectivity index is 0.000000150. The van der Waals surface area contributed by atoms with Gasteiger partial charge < -0.3 is 11.5 Å². The zero-order valence-electron chi connectivity index (χ0n) is 24.8. The molecule has 4 heteroatoms. The first kappa shape index (κ1) is 31.6. The van der Waals surface area contributed by atoms with Crippen LogP contribution in [0.4, 0.5) is 0 Å². The maximum atomic E-state index is 10.7. The third-order valence-electron chi connectivity index (χ3n) is 9.97. The van der Waals surface area contributed by atoms with Gasteiger partial charge in [-0.1, -0.05) is 89.9 Å². The molecule has 6 fully saturated rings. The fourth-order valence-corrected chi connectivity index (χ4v) is 6.77. The molecule has 0 spiro atoms. The monoisotopic (exact) mass is 527 g/mol. The summed E-state index contributed by atoms with van der Waals surface area (Å²) in [7, 11) is 0. The van der Waals surface area contributed by atoms with Crippen LogP contribution in [0.25, 0.3) is 0 Å². The van der Waals surface area contributed by atoms with E-state index in [1.807, 2.05) is 0 Å². The molecule has 4 N–H and O–H groups in total. The van der Waals surface area contributed by atoms with E-state index in [-0.39, 0.29) is 5.41 Å². The van der Waals surface area contributed by atoms with Gasteiger partial charge in [-0.25, -0.2) is 0 Å². The van der Waals surface area contributed by atoms with Crippen LogP contribution in [0.15, 0.2) is 0 Å². The van der Waals surface area contributed by atoms with Crippen LogP contribution in [0, 0.1) is 34.0 Å². The lowest BCUT2D eigenvalue weighted by Crippen LogP contribution is -2.30. The van der Waals surface area contributed by atoms with Crippen molar-refractivity contribution in [1.82, 2.24) is 0 Å². The number of carbonyl (C=O) groups excluding carboxylic acids is 1. The molecule has 4 nitrogen and oxygen atoms in total. The topological polar surface area (TPSA) is 92.9 Å². The molecule has 0 aromatic heterocycles. The Morgan fingerprint density at radius 1 is 0.658 bits per heavy atom. The number of nitrogens with two attached hydrogens (primary N) is 2. The van der Waals surface area contributed by atoms with E-state index in [2.05, 4.69) is 6.07 Å². The van der Waals surface area contributed by atoms with Crippen molar-refractivity contribution in [1.29, 1.82) is 5.26 Å². The Morgan fingerprint density at radius 2 is 1.08 bits per heavy atom.